The third-order valence-corrected chi connectivity index (χ3v) is 4.87. The molecule has 0 saturated heterocycles. The number of aromatic nitrogens is 2. The molecule has 0 aliphatic carbocycles. The summed E-state index contributed by atoms with van der Waals surface area (Å²) < 4.78 is 11.0. The minimum atomic E-state index is -1.16. The summed E-state index contributed by atoms with van der Waals surface area (Å²) >= 11 is 0.928. The number of hydrogen-bond donors (Lipinski definition) is 2. The van der Waals surface area contributed by atoms with E-state index in [2.05, 4.69) is 10.4 Å². The first-order chi connectivity index (χ1) is 13.3. The van der Waals surface area contributed by atoms with Crippen LogP contribution in [0.5, 0.6) is 0 Å². The third-order valence-electron chi connectivity index (χ3n) is 3.68. The first kappa shape index (κ1) is 21.1. The number of carboxylic acids is 1. The molecule has 0 saturated carbocycles. The molecule has 0 unspecified atom stereocenters. The summed E-state index contributed by atoms with van der Waals surface area (Å²) in [7, 11) is 1.20. The van der Waals surface area contributed by atoms with E-state index in [-0.39, 0.29) is 40.7 Å². The van der Waals surface area contributed by atoms with Gasteiger partial charge in [-0.05, 0) is 25.5 Å². The van der Waals surface area contributed by atoms with Crippen LogP contribution in [0.25, 0.3) is 0 Å². The largest absolute Gasteiger partial charge is 0.476 e. The van der Waals surface area contributed by atoms with Gasteiger partial charge >= 0.3 is 17.9 Å². The van der Waals surface area contributed by atoms with Gasteiger partial charge in [-0.2, -0.15) is 5.10 Å². The van der Waals surface area contributed by atoms with Gasteiger partial charge in [0.15, 0.2) is 5.69 Å². The Kier molecular flexibility index (Phi) is 6.88. The van der Waals surface area contributed by atoms with Gasteiger partial charge in [0.05, 0.1) is 19.3 Å². The summed E-state index contributed by atoms with van der Waals surface area (Å²) in [5, 5.41) is 15.4. The Morgan fingerprint density at radius 3 is 2.57 bits per heavy atom. The van der Waals surface area contributed by atoms with Crippen molar-refractivity contribution in [3.63, 3.8) is 0 Å². The van der Waals surface area contributed by atoms with Crippen molar-refractivity contribution >= 4 is 40.2 Å². The Balaban J connectivity index is 2.15. The number of esters is 2. The van der Waals surface area contributed by atoms with Crippen molar-refractivity contribution < 1.29 is 33.8 Å². The number of anilines is 1. The summed E-state index contributed by atoms with van der Waals surface area (Å²) in [4.78, 5) is 47.5. The molecule has 0 bridgehead atoms. The molecule has 0 atom stereocenters. The molecule has 2 aromatic heterocycles. The number of ether oxygens (including phenoxy) is 2. The predicted octanol–water partition coefficient (Wildman–Crippen LogP) is 1.94. The summed E-state index contributed by atoms with van der Waals surface area (Å²) in [6.45, 7) is 3.55. The van der Waals surface area contributed by atoms with Crippen molar-refractivity contribution in [3.05, 3.63) is 34.0 Å². The molecule has 2 aromatic rings. The Morgan fingerprint density at radius 2 is 2.00 bits per heavy atom. The predicted molar refractivity (Wildman–Crippen MR) is 98.8 cm³/mol. The minimum absolute atomic E-state index is 0.0208. The molecule has 0 aliphatic heterocycles. The summed E-state index contributed by atoms with van der Waals surface area (Å²) in [6.07, 6.45) is 1.43. The van der Waals surface area contributed by atoms with Gasteiger partial charge in [-0.25, -0.2) is 14.4 Å². The molecule has 28 heavy (non-hydrogen) atoms. The van der Waals surface area contributed by atoms with E-state index in [9.17, 15) is 19.2 Å². The number of rotatable bonds is 8. The van der Waals surface area contributed by atoms with E-state index in [1.54, 1.807) is 13.8 Å². The zero-order chi connectivity index (χ0) is 20.8. The highest BCUT2D eigenvalue weighted by Gasteiger charge is 2.27. The van der Waals surface area contributed by atoms with Crippen LogP contribution < -0.4 is 5.32 Å². The van der Waals surface area contributed by atoms with Gasteiger partial charge in [-0.3, -0.25) is 9.48 Å². The smallest absolute Gasteiger partial charge is 0.356 e. The van der Waals surface area contributed by atoms with E-state index < -0.39 is 23.8 Å². The number of thiophene rings is 1. The SMILES string of the molecule is CCOC(=O)c1sc(NC(=O)CCn2ccc(C(=O)O)n2)c(C(=O)OC)c1C. The van der Waals surface area contributed by atoms with E-state index in [1.807, 2.05) is 0 Å². The lowest BCUT2D eigenvalue weighted by Crippen LogP contribution is -2.16. The first-order valence-electron chi connectivity index (χ1n) is 8.23. The molecule has 0 aliphatic rings. The van der Waals surface area contributed by atoms with Crippen LogP contribution in [0.4, 0.5) is 5.00 Å². The number of nitrogens with one attached hydrogen (secondary N) is 1. The molecule has 2 N–H and O–H groups in total. The monoisotopic (exact) mass is 409 g/mol. The Morgan fingerprint density at radius 1 is 1.29 bits per heavy atom. The van der Waals surface area contributed by atoms with Gasteiger partial charge < -0.3 is 19.9 Å². The normalized spacial score (nSPS) is 10.4. The van der Waals surface area contributed by atoms with Crippen molar-refractivity contribution in [1.82, 2.24) is 9.78 Å². The van der Waals surface area contributed by atoms with E-state index in [4.69, 9.17) is 14.6 Å². The van der Waals surface area contributed by atoms with Crippen LogP contribution in [-0.2, 0) is 20.8 Å². The molecule has 2 rings (SSSR count). The quantitative estimate of drug-likeness (QED) is 0.631. The van der Waals surface area contributed by atoms with Crippen molar-refractivity contribution in [2.24, 2.45) is 0 Å². The molecular formula is C17H19N3O7S. The molecule has 0 fully saturated rings. The molecule has 0 radical (unpaired) electrons. The number of hydrogen-bond acceptors (Lipinski definition) is 8. The molecule has 2 heterocycles. The molecule has 1 amide bonds. The molecule has 10 nitrogen and oxygen atoms in total. The lowest BCUT2D eigenvalue weighted by Gasteiger charge is -2.06. The maximum Gasteiger partial charge on any atom is 0.356 e. The molecule has 0 spiro atoms. The summed E-state index contributed by atoms with van der Waals surface area (Å²) in [5.41, 5.74) is 0.335. The second-order valence-electron chi connectivity index (χ2n) is 5.54. The van der Waals surface area contributed by atoms with Crippen molar-refractivity contribution in [2.45, 2.75) is 26.8 Å². The van der Waals surface area contributed by atoms with Crippen LogP contribution in [0.1, 0.15) is 49.4 Å². The van der Waals surface area contributed by atoms with Crippen LogP contribution in [0, 0.1) is 6.92 Å². The molecule has 150 valence electrons. The third kappa shape index (κ3) is 4.74. The lowest BCUT2D eigenvalue weighted by molar-refractivity contribution is -0.116. The van der Waals surface area contributed by atoms with E-state index in [1.165, 1.54) is 24.1 Å². The number of carbonyl (C=O) groups is 4. The highest BCUT2D eigenvalue weighted by molar-refractivity contribution is 7.18. The maximum absolute atomic E-state index is 12.3. The number of carboxylic acid groups (broad SMARTS) is 1. The fourth-order valence-electron chi connectivity index (χ4n) is 2.35. The topological polar surface area (TPSA) is 137 Å². The highest BCUT2D eigenvalue weighted by atomic mass is 32.1. The first-order valence-corrected chi connectivity index (χ1v) is 9.05. The fraction of sp³-hybridized carbons (Fsp3) is 0.353. The number of carbonyl (C=O) groups excluding carboxylic acids is 3. The fourth-order valence-corrected chi connectivity index (χ4v) is 3.45. The number of amides is 1. The average Bonchev–Trinajstić information content (AvgIpc) is 3.24. The van der Waals surface area contributed by atoms with Crippen LogP contribution in [0.2, 0.25) is 0 Å². The number of aryl methyl sites for hydroxylation is 1. The summed E-state index contributed by atoms with van der Waals surface area (Å²) in [6, 6.07) is 1.32. The maximum atomic E-state index is 12.3. The zero-order valence-corrected chi connectivity index (χ0v) is 16.3. The van der Waals surface area contributed by atoms with E-state index >= 15 is 0 Å². The number of methoxy groups -OCH3 is 1. The Labute approximate surface area is 164 Å². The Bertz CT molecular complexity index is 916. The van der Waals surface area contributed by atoms with Gasteiger partial charge in [0.2, 0.25) is 5.91 Å². The van der Waals surface area contributed by atoms with Crippen LogP contribution in [0.15, 0.2) is 12.3 Å². The van der Waals surface area contributed by atoms with Crippen molar-refractivity contribution in [2.75, 3.05) is 19.0 Å². The molecular weight excluding hydrogens is 390 g/mol. The minimum Gasteiger partial charge on any atom is -0.476 e. The zero-order valence-electron chi connectivity index (χ0n) is 15.5. The van der Waals surface area contributed by atoms with E-state index in [0.29, 0.717) is 5.56 Å². The lowest BCUT2D eigenvalue weighted by atomic mass is 10.1. The summed E-state index contributed by atoms with van der Waals surface area (Å²) in [5.74, 6) is -2.87. The van der Waals surface area contributed by atoms with Gasteiger partial charge in [0.25, 0.3) is 0 Å². The standard InChI is InChI=1S/C17H19N3O7S/c1-4-27-17(25)13-9(2)12(16(24)26-3)14(28-13)18-11(21)6-8-20-7-5-10(19-20)15(22)23/h5,7H,4,6,8H2,1-3H3,(H,18,21)(H,22,23). The van der Waals surface area contributed by atoms with Gasteiger partial charge in [0.1, 0.15) is 9.88 Å². The second-order valence-corrected chi connectivity index (χ2v) is 6.56. The van der Waals surface area contributed by atoms with Gasteiger partial charge in [0, 0.05) is 19.2 Å². The van der Waals surface area contributed by atoms with Crippen LogP contribution in [0.3, 0.4) is 0 Å². The van der Waals surface area contributed by atoms with Crippen LogP contribution >= 0.6 is 11.3 Å². The highest BCUT2D eigenvalue weighted by Crippen LogP contribution is 2.34. The number of aromatic carboxylic acids is 1. The average molecular weight is 409 g/mol. The Hall–Kier alpha value is -3.21. The van der Waals surface area contributed by atoms with Crippen LogP contribution in [-0.4, -0.2) is 52.4 Å². The van der Waals surface area contributed by atoms with E-state index in [0.717, 1.165) is 11.3 Å². The van der Waals surface area contributed by atoms with Gasteiger partial charge in [-0.15, -0.1) is 11.3 Å². The second kappa shape index (κ2) is 9.13. The molecule has 11 heteroatoms. The molecule has 0 aromatic carbocycles. The number of nitrogens with zero attached hydrogens (tertiary/aromatic N) is 2. The van der Waals surface area contributed by atoms with Gasteiger partial charge in [-0.1, -0.05) is 0 Å². The van der Waals surface area contributed by atoms with Crippen molar-refractivity contribution in [3.8, 4) is 0 Å². The van der Waals surface area contributed by atoms with Crippen molar-refractivity contribution in [1.29, 1.82) is 0 Å².